The lowest BCUT2D eigenvalue weighted by atomic mass is 9.77. The highest BCUT2D eigenvalue weighted by molar-refractivity contribution is 5.22. The molecule has 4 heteroatoms. The predicted molar refractivity (Wildman–Crippen MR) is 95.1 cm³/mol. The second-order valence-corrected chi connectivity index (χ2v) is 7.56. The Labute approximate surface area is 145 Å². The van der Waals surface area contributed by atoms with E-state index in [1.54, 1.807) is 7.11 Å². The number of aryl methyl sites for hydroxylation is 1. The Morgan fingerprint density at radius 3 is 2.42 bits per heavy atom. The third kappa shape index (κ3) is 4.17. The molecule has 134 valence electrons. The van der Waals surface area contributed by atoms with Crippen LogP contribution in [0.2, 0.25) is 0 Å². The van der Waals surface area contributed by atoms with Crippen molar-refractivity contribution in [3.63, 3.8) is 0 Å². The summed E-state index contributed by atoms with van der Waals surface area (Å²) in [6, 6.07) is 8.96. The van der Waals surface area contributed by atoms with Crippen molar-refractivity contribution >= 4 is 0 Å². The fraction of sp³-hybridized carbons (Fsp3) is 0.700. The van der Waals surface area contributed by atoms with Gasteiger partial charge in [-0.1, -0.05) is 31.2 Å². The molecule has 1 spiro atoms. The van der Waals surface area contributed by atoms with E-state index < -0.39 is 5.60 Å². The number of hydrogen-bond acceptors (Lipinski definition) is 4. The Morgan fingerprint density at radius 1 is 1.12 bits per heavy atom. The van der Waals surface area contributed by atoms with Crippen molar-refractivity contribution in [1.82, 2.24) is 4.90 Å². The highest BCUT2D eigenvalue weighted by Gasteiger charge is 2.46. The Kier molecular flexibility index (Phi) is 5.60. The lowest BCUT2D eigenvalue weighted by molar-refractivity contribution is -0.191. The van der Waals surface area contributed by atoms with Crippen molar-refractivity contribution in [2.45, 2.75) is 56.8 Å². The van der Waals surface area contributed by atoms with E-state index >= 15 is 0 Å². The first-order valence-electron chi connectivity index (χ1n) is 9.22. The van der Waals surface area contributed by atoms with Crippen molar-refractivity contribution in [2.24, 2.45) is 0 Å². The molecule has 0 aliphatic carbocycles. The SMILES string of the molecule is CCc1ccc(CN2CCC3(CC2)CC(O)(COC)CCO3)cc1. The first-order chi connectivity index (χ1) is 11.6. The second kappa shape index (κ2) is 7.52. The molecule has 1 atom stereocenters. The van der Waals surface area contributed by atoms with Crippen molar-refractivity contribution < 1.29 is 14.6 Å². The zero-order valence-corrected chi connectivity index (χ0v) is 15.1. The van der Waals surface area contributed by atoms with E-state index in [0.717, 1.165) is 38.9 Å². The number of hydrogen-bond donors (Lipinski definition) is 1. The molecular formula is C20H31NO3. The molecule has 1 aromatic carbocycles. The van der Waals surface area contributed by atoms with E-state index in [1.165, 1.54) is 11.1 Å². The van der Waals surface area contributed by atoms with Gasteiger partial charge in [0.05, 0.1) is 24.4 Å². The third-order valence-corrected chi connectivity index (χ3v) is 5.64. The molecule has 2 saturated heterocycles. The van der Waals surface area contributed by atoms with Gasteiger partial charge in [-0.25, -0.2) is 0 Å². The van der Waals surface area contributed by atoms with Crippen LogP contribution in [0.5, 0.6) is 0 Å². The summed E-state index contributed by atoms with van der Waals surface area (Å²) in [6.45, 7) is 6.29. The average molecular weight is 333 g/mol. The summed E-state index contributed by atoms with van der Waals surface area (Å²) in [5.74, 6) is 0. The van der Waals surface area contributed by atoms with Crippen molar-refractivity contribution in [2.75, 3.05) is 33.4 Å². The number of likely N-dealkylation sites (tertiary alicyclic amines) is 1. The number of ether oxygens (including phenoxy) is 2. The van der Waals surface area contributed by atoms with Crippen LogP contribution in [0.1, 0.15) is 43.7 Å². The quantitative estimate of drug-likeness (QED) is 0.900. The van der Waals surface area contributed by atoms with Gasteiger partial charge in [-0.3, -0.25) is 4.90 Å². The monoisotopic (exact) mass is 333 g/mol. The van der Waals surface area contributed by atoms with E-state index in [2.05, 4.69) is 36.1 Å². The summed E-state index contributed by atoms with van der Waals surface area (Å²) in [4.78, 5) is 2.50. The van der Waals surface area contributed by atoms with Gasteiger partial charge < -0.3 is 14.6 Å². The van der Waals surface area contributed by atoms with Crippen LogP contribution in [-0.4, -0.2) is 54.6 Å². The lowest BCUT2D eigenvalue weighted by Gasteiger charge is -2.49. The van der Waals surface area contributed by atoms with Crippen LogP contribution in [0.15, 0.2) is 24.3 Å². The van der Waals surface area contributed by atoms with Gasteiger partial charge in [0.25, 0.3) is 0 Å². The van der Waals surface area contributed by atoms with Gasteiger partial charge in [0, 0.05) is 39.6 Å². The number of aliphatic hydroxyl groups is 1. The minimum Gasteiger partial charge on any atom is -0.387 e. The summed E-state index contributed by atoms with van der Waals surface area (Å²) in [5, 5.41) is 10.7. The van der Waals surface area contributed by atoms with Crippen LogP contribution in [-0.2, 0) is 22.4 Å². The normalized spacial score (nSPS) is 27.5. The van der Waals surface area contributed by atoms with Gasteiger partial charge in [-0.2, -0.15) is 0 Å². The van der Waals surface area contributed by atoms with E-state index in [4.69, 9.17) is 9.47 Å². The molecule has 3 rings (SSSR count). The summed E-state index contributed by atoms with van der Waals surface area (Å²) < 4.78 is 11.4. The molecule has 2 heterocycles. The summed E-state index contributed by atoms with van der Waals surface area (Å²) in [6.07, 6.45) is 4.45. The molecule has 1 aromatic rings. The maximum absolute atomic E-state index is 10.7. The van der Waals surface area contributed by atoms with Crippen LogP contribution in [0, 0.1) is 0 Å². The summed E-state index contributed by atoms with van der Waals surface area (Å²) in [5.41, 5.74) is 1.90. The lowest BCUT2D eigenvalue weighted by Crippen LogP contribution is -2.55. The molecule has 2 aliphatic rings. The largest absolute Gasteiger partial charge is 0.387 e. The molecule has 0 amide bonds. The molecule has 2 aliphatic heterocycles. The van der Waals surface area contributed by atoms with Crippen LogP contribution in [0.25, 0.3) is 0 Å². The molecule has 0 saturated carbocycles. The third-order valence-electron chi connectivity index (χ3n) is 5.64. The van der Waals surface area contributed by atoms with Gasteiger partial charge in [0.2, 0.25) is 0 Å². The number of nitrogens with zero attached hydrogens (tertiary/aromatic N) is 1. The minimum atomic E-state index is -0.717. The van der Waals surface area contributed by atoms with E-state index in [0.29, 0.717) is 26.1 Å². The molecule has 0 bridgehead atoms. The fourth-order valence-corrected chi connectivity index (χ4v) is 4.17. The van der Waals surface area contributed by atoms with Crippen LogP contribution < -0.4 is 0 Å². The smallest absolute Gasteiger partial charge is 0.0929 e. The zero-order valence-electron chi connectivity index (χ0n) is 15.1. The Hall–Kier alpha value is -0.940. The second-order valence-electron chi connectivity index (χ2n) is 7.56. The van der Waals surface area contributed by atoms with Crippen LogP contribution in [0.3, 0.4) is 0 Å². The van der Waals surface area contributed by atoms with E-state index in [1.807, 2.05) is 0 Å². The molecular weight excluding hydrogens is 302 g/mol. The fourth-order valence-electron chi connectivity index (χ4n) is 4.17. The van der Waals surface area contributed by atoms with Crippen molar-refractivity contribution in [3.05, 3.63) is 35.4 Å². The van der Waals surface area contributed by atoms with Gasteiger partial charge in [-0.15, -0.1) is 0 Å². The van der Waals surface area contributed by atoms with Gasteiger partial charge in [0.1, 0.15) is 0 Å². The highest BCUT2D eigenvalue weighted by Crippen LogP contribution is 2.39. The summed E-state index contributed by atoms with van der Waals surface area (Å²) in [7, 11) is 1.66. The first kappa shape index (κ1) is 17.9. The molecule has 24 heavy (non-hydrogen) atoms. The molecule has 0 aromatic heterocycles. The minimum absolute atomic E-state index is 0.159. The number of methoxy groups -OCH3 is 1. The molecule has 1 unspecified atom stereocenters. The van der Waals surface area contributed by atoms with Crippen molar-refractivity contribution in [3.8, 4) is 0 Å². The van der Waals surface area contributed by atoms with Crippen molar-refractivity contribution in [1.29, 1.82) is 0 Å². The average Bonchev–Trinajstić information content (AvgIpc) is 2.58. The number of rotatable bonds is 5. The topological polar surface area (TPSA) is 41.9 Å². The van der Waals surface area contributed by atoms with Crippen LogP contribution >= 0.6 is 0 Å². The first-order valence-corrected chi connectivity index (χ1v) is 9.22. The number of piperidine rings is 1. The van der Waals surface area contributed by atoms with Gasteiger partial charge in [-0.05, 0) is 30.4 Å². The molecule has 1 N–H and O–H groups in total. The van der Waals surface area contributed by atoms with E-state index in [-0.39, 0.29) is 5.60 Å². The Balaban J connectivity index is 1.54. The highest BCUT2D eigenvalue weighted by atomic mass is 16.5. The molecule has 2 fully saturated rings. The molecule has 4 nitrogen and oxygen atoms in total. The zero-order chi connectivity index (χ0) is 17.0. The maximum Gasteiger partial charge on any atom is 0.0929 e. The Bertz CT molecular complexity index is 518. The predicted octanol–water partition coefficient (Wildman–Crippen LogP) is 2.77. The summed E-state index contributed by atoms with van der Waals surface area (Å²) >= 11 is 0. The van der Waals surface area contributed by atoms with E-state index in [9.17, 15) is 5.11 Å². The van der Waals surface area contributed by atoms with Crippen LogP contribution in [0.4, 0.5) is 0 Å². The standard InChI is InChI=1S/C20H31NO3/c1-3-17-4-6-18(7-5-17)14-21-11-8-20(9-12-21)15-19(22,16-23-2)10-13-24-20/h4-7,22H,3,8-16H2,1-2H3. The van der Waals surface area contributed by atoms with Gasteiger partial charge in [0.15, 0.2) is 0 Å². The number of benzene rings is 1. The Morgan fingerprint density at radius 2 is 1.79 bits per heavy atom. The van der Waals surface area contributed by atoms with Gasteiger partial charge >= 0.3 is 0 Å². The maximum atomic E-state index is 10.7. The molecule has 0 radical (unpaired) electrons.